The van der Waals surface area contributed by atoms with Crippen molar-refractivity contribution in [3.63, 3.8) is 0 Å². The number of ether oxygens (including phenoxy) is 2. The molecule has 0 aromatic heterocycles. The molecular weight excluding hydrogens is 242 g/mol. The van der Waals surface area contributed by atoms with Gasteiger partial charge in [0, 0.05) is 13.1 Å². The van der Waals surface area contributed by atoms with Crippen LogP contribution in [0.4, 0.5) is 0 Å². The van der Waals surface area contributed by atoms with Crippen molar-refractivity contribution in [3.05, 3.63) is 29.8 Å². The van der Waals surface area contributed by atoms with Crippen LogP contribution in [0.1, 0.15) is 17.3 Å². The molecule has 1 aromatic rings. The van der Waals surface area contributed by atoms with Crippen LogP contribution in [0, 0.1) is 0 Å². The molecule has 1 heterocycles. The lowest BCUT2D eigenvalue weighted by Crippen LogP contribution is -2.50. The van der Waals surface area contributed by atoms with Crippen molar-refractivity contribution in [2.75, 3.05) is 19.7 Å². The molecule has 1 N–H and O–H groups in total. The summed E-state index contributed by atoms with van der Waals surface area (Å²) in [5, 5.41) is 3.12. The topological polar surface area (TPSA) is 47.6 Å². The van der Waals surface area contributed by atoms with E-state index in [0.29, 0.717) is 12.2 Å². The van der Waals surface area contributed by atoms with Crippen molar-refractivity contribution in [1.82, 2.24) is 5.32 Å². The molecular formula is C12H16ClNO3. The van der Waals surface area contributed by atoms with Crippen molar-refractivity contribution in [2.45, 2.75) is 13.0 Å². The second kappa shape index (κ2) is 6.47. The molecule has 0 atom stereocenters. The maximum atomic E-state index is 11.5. The summed E-state index contributed by atoms with van der Waals surface area (Å²) in [6, 6.07) is 7.09. The molecule has 94 valence electrons. The number of nitrogens with one attached hydrogen (secondary N) is 1. The largest absolute Gasteiger partial charge is 0.488 e. The lowest BCUT2D eigenvalue weighted by molar-refractivity contribution is 0.0525. The van der Waals surface area contributed by atoms with Gasteiger partial charge in [-0.25, -0.2) is 4.79 Å². The van der Waals surface area contributed by atoms with Gasteiger partial charge in [0.05, 0.1) is 12.2 Å². The van der Waals surface area contributed by atoms with Gasteiger partial charge in [-0.3, -0.25) is 0 Å². The van der Waals surface area contributed by atoms with Crippen LogP contribution in [0.2, 0.25) is 0 Å². The van der Waals surface area contributed by atoms with Gasteiger partial charge in [0.2, 0.25) is 0 Å². The van der Waals surface area contributed by atoms with E-state index in [-0.39, 0.29) is 24.5 Å². The number of esters is 1. The smallest absolute Gasteiger partial charge is 0.338 e. The highest BCUT2D eigenvalue weighted by Gasteiger charge is 2.18. The summed E-state index contributed by atoms with van der Waals surface area (Å²) in [4.78, 5) is 11.5. The number of benzene rings is 1. The predicted octanol–water partition coefficient (Wildman–Crippen LogP) is 1.64. The van der Waals surface area contributed by atoms with Crippen molar-refractivity contribution in [3.8, 4) is 5.75 Å². The molecule has 0 aliphatic carbocycles. The molecule has 1 saturated heterocycles. The first kappa shape index (κ1) is 13.8. The molecule has 1 fully saturated rings. The lowest BCUT2D eigenvalue weighted by Gasteiger charge is -2.27. The van der Waals surface area contributed by atoms with Crippen LogP contribution < -0.4 is 10.1 Å². The van der Waals surface area contributed by atoms with Crippen molar-refractivity contribution in [1.29, 1.82) is 0 Å². The fraction of sp³-hybridized carbons (Fsp3) is 0.417. The summed E-state index contributed by atoms with van der Waals surface area (Å²) in [5.74, 6) is 0.414. The highest BCUT2D eigenvalue weighted by atomic mass is 35.5. The molecule has 0 unspecified atom stereocenters. The Kier molecular flexibility index (Phi) is 5.25. The molecule has 0 amide bonds. The summed E-state index contributed by atoms with van der Waals surface area (Å²) in [5.41, 5.74) is 0.534. The van der Waals surface area contributed by atoms with E-state index in [9.17, 15) is 4.79 Å². The third-order valence-electron chi connectivity index (χ3n) is 2.39. The average Bonchev–Trinajstić information content (AvgIpc) is 2.24. The quantitative estimate of drug-likeness (QED) is 0.833. The Morgan fingerprint density at radius 3 is 2.82 bits per heavy atom. The van der Waals surface area contributed by atoms with Gasteiger partial charge in [-0.05, 0) is 25.1 Å². The molecule has 0 bridgehead atoms. The van der Waals surface area contributed by atoms with E-state index < -0.39 is 0 Å². The Morgan fingerprint density at radius 1 is 1.47 bits per heavy atom. The third-order valence-corrected chi connectivity index (χ3v) is 2.39. The number of carbonyl (C=O) groups is 1. The summed E-state index contributed by atoms with van der Waals surface area (Å²) >= 11 is 0. The van der Waals surface area contributed by atoms with E-state index in [4.69, 9.17) is 9.47 Å². The fourth-order valence-electron chi connectivity index (χ4n) is 1.45. The van der Waals surface area contributed by atoms with E-state index >= 15 is 0 Å². The molecule has 1 aliphatic rings. The second-order valence-electron chi connectivity index (χ2n) is 3.65. The van der Waals surface area contributed by atoms with E-state index in [1.165, 1.54) is 0 Å². The molecule has 1 aromatic carbocycles. The molecule has 17 heavy (non-hydrogen) atoms. The Balaban J connectivity index is 0.00000144. The standard InChI is InChI=1S/C12H15NO3.ClH/c1-2-15-12(14)9-4-3-5-10(6-9)16-11-7-13-8-11;/h3-6,11,13H,2,7-8H2,1H3;1H. The lowest BCUT2D eigenvalue weighted by atomic mass is 10.2. The highest BCUT2D eigenvalue weighted by Crippen LogP contribution is 2.16. The van der Waals surface area contributed by atoms with Crippen LogP contribution in [0.3, 0.4) is 0 Å². The first-order chi connectivity index (χ1) is 7.79. The summed E-state index contributed by atoms with van der Waals surface area (Å²) in [6.45, 7) is 3.90. The zero-order valence-electron chi connectivity index (χ0n) is 9.64. The van der Waals surface area contributed by atoms with E-state index in [2.05, 4.69) is 5.32 Å². The number of carbonyl (C=O) groups excluding carboxylic acids is 1. The zero-order valence-corrected chi connectivity index (χ0v) is 10.5. The van der Waals surface area contributed by atoms with E-state index in [1.807, 2.05) is 6.07 Å². The van der Waals surface area contributed by atoms with Gasteiger partial charge in [0.1, 0.15) is 11.9 Å². The average molecular weight is 258 g/mol. The van der Waals surface area contributed by atoms with Crippen molar-refractivity contribution in [2.24, 2.45) is 0 Å². The van der Waals surface area contributed by atoms with Crippen LogP contribution in [0.15, 0.2) is 24.3 Å². The first-order valence-electron chi connectivity index (χ1n) is 5.44. The summed E-state index contributed by atoms with van der Waals surface area (Å²) < 4.78 is 10.6. The maximum absolute atomic E-state index is 11.5. The number of halogens is 1. The van der Waals surface area contributed by atoms with Gasteiger partial charge in [0.25, 0.3) is 0 Å². The Hall–Kier alpha value is -1.26. The molecule has 0 spiro atoms. The Bertz CT molecular complexity index is 380. The highest BCUT2D eigenvalue weighted by molar-refractivity contribution is 5.89. The monoisotopic (exact) mass is 257 g/mol. The van der Waals surface area contributed by atoms with Crippen LogP contribution >= 0.6 is 12.4 Å². The van der Waals surface area contributed by atoms with Crippen molar-refractivity contribution < 1.29 is 14.3 Å². The minimum absolute atomic E-state index is 0. The Labute approximate surface area is 107 Å². The van der Waals surface area contributed by atoms with E-state index in [1.54, 1.807) is 25.1 Å². The van der Waals surface area contributed by atoms with Crippen LogP contribution in [-0.4, -0.2) is 31.8 Å². The minimum Gasteiger partial charge on any atom is -0.488 e. The number of hydrogen-bond acceptors (Lipinski definition) is 4. The minimum atomic E-state index is -0.306. The molecule has 0 saturated carbocycles. The second-order valence-corrected chi connectivity index (χ2v) is 3.65. The zero-order chi connectivity index (χ0) is 11.4. The molecule has 5 heteroatoms. The Morgan fingerprint density at radius 2 is 2.24 bits per heavy atom. The van der Waals surface area contributed by atoms with Crippen LogP contribution in [-0.2, 0) is 4.74 Å². The van der Waals surface area contributed by atoms with Crippen LogP contribution in [0.5, 0.6) is 5.75 Å². The van der Waals surface area contributed by atoms with Gasteiger partial charge >= 0.3 is 5.97 Å². The molecule has 2 rings (SSSR count). The normalized spacial score (nSPS) is 14.4. The van der Waals surface area contributed by atoms with Gasteiger partial charge in [0.15, 0.2) is 0 Å². The molecule has 1 aliphatic heterocycles. The van der Waals surface area contributed by atoms with Gasteiger partial charge < -0.3 is 14.8 Å². The maximum Gasteiger partial charge on any atom is 0.338 e. The third kappa shape index (κ3) is 3.61. The number of rotatable bonds is 4. The van der Waals surface area contributed by atoms with Gasteiger partial charge in [-0.2, -0.15) is 0 Å². The van der Waals surface area contributed by atoms with Crippen LogP contribution in [0.25, 0.3) is 0 Å². The molecule has 0 radical (unpaired) electrons. The van der Waals surface area contributed by atoms with Gasteiger partial charge in [-0.1, -0.05) is 6.07 Å². The predicted molar refractivity (Wildman–Crippen MR) is 66.9 cm³/mol. The summed E-state index contributed by atoms with van der Waals surface area (Å²) in [7, 11) is 0. The molecule has 4 nitrogen and oxygen atoms in total. The fourth-order valence-corrected chi connectivity index (χ4v) is 1.45. The van der Waals surface area contributed by atoms with E-state index in [0.717, 1.165) is 18.8 Å². The SMILES string of the molecule is CCOC(=O)c1cccc(OC2CNC2)c1.Cl. The van der Waals surface area contributed by atoms with Crippen molar-refractivity contribution >= 4 is 18.4 Å². The summed E-state index contributed by atoms with van der Waals surface area (Å²) in [6.07, 6.45) is 0.220. The van der Waals surface area contributed by atoms with Gasteiger partial charge in [-0.15, -0.1) is 12.4 Å². The first-order valence-corrected chi connectivity index (χ1v) is 5.44. The number of hydrogen-bond donors (Lipinski definition) is 1.